The van der Waals surface area contributed by atoms with Crippen LogP contribution in [0, 0.1) is 12.7 Å². The van der Waals surface area contributed by atoms with E-state index in [-0.39, 0.29) is 18.2 Å². The van der Waals surface area contributed by atoms with Crippen LogP contribution >= 0.6 is 12.4 Å². The van der Waals surface area contributed by atoms with Crippen LogP contribution < -0.4 is 10.2 Å². The highest BCUT2D eigenvalue weighted by Gasteiger charge is 2.37. The molecule has 1 saturated heterocycles. The SMILES string of the molecule is Cc1ccc2c(c1F)N1[C@@H](CNC[C@H]1C)C2.Cl. The van der Waals surface area contributed by atoms with Gasteiger partial charge in [-0.2, -0.15) is 0 Å². The lowest BCUT2D eigenvalue weighted by Crippen LogP contribution is -2.55. The van der Waals surface area contributed by atoms with Crippen LogP contribution in [0.25, 0.3) is 0 Å². The van der Waals surface area contributed by atoms with Gasteiger partial charge in [0.05, 0.1) is 5.69 Å². The molecule has 1 fully saturated rings. The quantitative estimate of drug-likeness (QED) is 0.766. The molecule has 0 aromatic heterocycles. The molecule has 2 aliphatic rings. The number of rotatable bonds is 0. The number of anilines is 1. The van der Waals surface area contributed by atoms with Crippen LogP contribution in [0.15, 0.2) is 12.1 Å². The normalized spacial score (nSPS) is 26.2. The van der Waals surface area contributed by atoms with E-state index >= 15 is 0 Å². The summed E-state index contributed by atoms with van der Waals surface area (Å²) in [7, 11) is 0. The van der Waals surface area contributed by atoms with Crippen molar-refractivity contribution in [1.82, 2.24) is 5.32 Å². The van der Waals surface area contributed by atoms with Gasteiger partial charge in [0, 0.05) is 25.2 Å². The summed E-state index contributed by atoms with van der Waals surface area (Å²) in [6.45, 7) is 5.92. The van der Waals surface area contributed by atoms with Crippen LogP contribution in [0.3, 0.4) is 0 Å². The molecule has 17 heavy (non-hydrogen) atoms. The van der Waals surface area contributed by atoms with E-state index in [0.717, 1.165) is 30.8 Å². The minimum atomic E-state index is -0.0197. The number of benzene rings is 1. The molecule has 2 heterocycles. The van der Waals surface area contributed by atoms with Crippen LogP contribution in [0.2, 0.25) is 0 Å². The van der Waals surface area contributed by atoms with Gasteiger partial charge < -0.3 is 10.2 Å². The summed E-state index contributed by atoms with van der Waals surface area (Å²) in [5.74, 6) is -0.0197. The number of hydrogen-bond acceptors (Lipinski definition) is 2. The number of nitrogens with zero attached hydrogens (tertiary/aromatic N) is 1. The first-order valence-corrected chi connectivity index (χ1v) is 5.95. The van der Waals surface area contributed by atoms with Crippen LogP contribution in [-0.4, -0.2) is 25.2 Å². The maximum absolute atomic E-state index is 14.2. The predicted molar refractivity (Wildman–Crippen MR) is 70.7 cm³/mol. The van der Waals surface area contributed by atoms with Crippen LogP contribution in [-0.2, 0) is 6.42 Å². The Labute approximate surface area is 108 Å². The molecule has 0 bridgehead atoms. The molecule has 0 unspecified atom stereocenters. The third-order valence-electron chi connectivity index (χ3n) is 3.79. The van der Waals surface area contributed by atoms with Gasteiger partial charge in [-0.05, 0) is 31.4 Å². The third kappa shape index (κ3) is 1.81. The Hall–Kier alpha value is -0.800. The summed E-state index contributed by atoms with van der Waals surface area (Å²) in [6.07, 6.45) is 0.976. The average Bonchev–Trinajstić information content (AvgIpc) is 2.64. The number of halogens is 2. The summed E-state index contributed by atoms with van der Waals surface area (Å²) in [6, 6.07) is 4.80. The number of fused-ring (bicyclic) bond motifs is 3. The molecular formula is C13H18ClFN2. The third-order valence-corrected chi connectivity index (χ3v) is 3.79. The second-order valence-corrected chi connectivity index (χ2v) is 4.98. The van der Waals surface area contributed by atoms with Gasteiger partial charge in [0.25, 0.3) is 0 Å². The zero-order chi connectivity index (χ0) is 11.3. The van der Waals surface area contributed by atoms with Crippen molar-refractivity contribution < 1.29 is 4.39 Å². The monoisotopic (exact) mass is 256 g/mol. The van der Waals surface area contributed by atoms with E-state index < -0.39 is 0 Å². The van der Waals surface area contributed by atoms with E-state index in [4.69, 9.17) is 0 Å². The minimum Gasteiger partial charge on any atom is -0.360 e. The molecule has 0 saturated carbocycles. The van der Waals surface area contributed by atoms with Gasteiger partial charge in [0.2, 0.25) is 0 Å². The molecule has 2 atom stereocenters. The van der Waals surface area contributed by atoms with Gasteiger partial charge in [0.1, 0.15) is 5.82 Å². The van der Waals surface area contributed by atoms with E-state index in [1.807, 2.05) is 13.0 Å². The van der Waals surface area contributed by atoms with Gasteiger partial charge >= 0.3 is 0 Å². The van der Waals surface area contributed by atoms with Gasteiger partial charge in [-0.1, -0.05) is 12.1 Å². The maximum atomic E-state index is 14.2. The predicted octanol–water partition coefficient (Wildman–Crippen LogP) is 2.28. The second-order valence-electron chi connectivity index (χ2n) is 4.98. The molecule has 0 aliphatic carbocycles. The van der Waals surface area contributed by atoms with Gasteiger partial charge in [-0.25, -0.2) is 4.39 Å². The highest BCUT2D eigenvalue weighted by Crippen LogP contribution is 2.38. The van der Waals surface area contributed by atoms with Crippen molar-refractivity contribution in [1.29, 1.82) is 0 Å². The summed E-state index contributed by atoms with van der Waals surface area (Å²) >= 11 is 0. The molecule has 0 spiro atoms. The first-order chi connectivity index (χ1) is 7.68. The smallest absolute Gasteiger partial charge is 0.149 e. The topological polar surface area (TPSA) is 15.3 Å². The molecule has 2 aliphatic heterocycles. The highest BCUT2D eigenvalue weighted by atomic mass is 35.5. The van der Waals surface area contributed by atoms with Crippen molar-refractivity contribution >= 4 is 18.1 Å². The van der Waals surface area contributed by atoms with Crippen LogP contribution in [0.5, 0.6) is 0 Å². The van der Waals surface area contributed by atoms with E-state index in [1.54, 1.807) is 0 Å². The van der Waals surface area contributed by atoms with Crippen molar-refractivity contribution in [3.63, 3.8) is 0 Å². The maximum Gasteiger partial charge on any atom is 0.149 e. The average molecular weight is 257 g/mol. The van der Waals surface area contributed by atoms with Crippen molar-refractivity contribution in [3.05, 3.63) is 29.1 Å². The minimum absolute atomic E-state index is 0. The molecule has 0 amide bonds. The molecule has 1 aromatic rings. The van der Waals surface area contributed by atoms with Crippen molar-refractivity contribution in [3.8, 4) is 0 Å². The summed E-state index contributed by atoms with van der Waals surface area (Å²) in [5, 5.41) is 3.41. The van der Waals surface area contributed by atoms with Gasteiger partial charge in [0.15, 0.2) is 0 Å². The molecule has 0 radical (unpaired) electrons. The zero-order valence-corrected chi connectivity index (χ0v) is 11.0. The van der Waals surface area contributed by atoms with Crippen molar-refractivity contribution in [2.24, 2.45) is 0 Å². The summed E-state index contributed by atoms with van der Waals surface area (Å²) in [5.41, 5.74) is 2.78. The lowest BCUT2D eigenvalue weighted by Gasteiger charge is -2.38. The second kappa shape index (κ2) is 4.46. The molecule has 94 valence electrons. The standard InChI is InChI=1S/C13H17FN2.ClH/c1-8-3-4-10-5-11-7-15-6-9(2)16(11)13(10)12(8)14;/h3-4,9,11,15H,5-7H2,1-2H3;1H/t9-,11-;/m1./s1. The Morgan fingerprint density at radius 1 is 1.35 bits per heavy atom. The summed E-state index contributed by atoms with van der Waals surface area (Å²) in [4.78, 5) is 2.27. The Morgan fingerprint density at radius 3 is 2.88 bits per heavy atom. The van der Waals surface area contributed by atoms with E-state index in [0.29, 0.717) is 12.1 Å². The summed E-state index contributed by atoms with van der Waals surface area (Å²) < 4.78 is 14.2. The molecule has 4 heteroatoms. The van der Waals surface area contributed by atoms with E-state index in [9.17, 15) is 4.39 Å². The first-order valence-electron chi connectivity index (χ1n) is 5.95. The number of piperazine rings is 1. The first kappa shape index (κ1) is 12.7. The number of aryl methyl sites for hydroxylation is 1. The lowest BCUT2D eigenvalue weighted by molar-refractivity contribution is 0.425. The Morgan fingerprint density at radius 2 is 2.12 bits per heavy atom. The van der Waals surface area contributed by atoms with Gasteiger partial charge in [-0.3, -0.25) is 0 Å². The zero-order valence-electron chi connectivity index (χ0n) is 10.2. The Kier molecular flexibility index (Phi) is 3.32. The van der Waals surface area contributed by atoms with Gasteiger partial charge in [-0.15, -0.1) is 12.4 Å². The molecule has 1 N–H and O–H groups in total. The fraction of sp³-hybridized carbons (Fsp3) is 0.538. The Balaban J connectivity index is 0.00000108. The van der Waals surface area contributed by atoms with Crippen LogP contribution in [0.1, 0.15) is 18.1 Å². The lowest BCUT2D eigenvalue weighted by atomic mass is 10.1. The molecule has 2 nitrogen and oxygen atoms in total. The van der Waals surface area contributed by atoms with E-state index in [2.05, 4.69) is 23.2 Å². The molecular weight excluding hydrogens is 239 g/mol. The van der Waals surface area contributed by atoms with Crippen molar-refractivity contribution in [2.45, 2.75) is 32.4 Å². The number of hydrogen-bond donors (Lipinski definition) is 1. The Bertz CT molecular complexity index is 436. The van der Waals surface area contributed by atoms with Crippen LogP contribution in [0.4, 0.5) is 10.1 Å². The highest BCUT2D eigenvalue weighted by molar-refractivity contribution is 5.85. The number of nitrogens with one attached hydrogen (secondary N) is 1. The fourth-order valence-electron chi connectivity index (χ4n) is 2.99. The molecule has 1 aromatic carbocycles. The van der Waals surface area contributed by atoms with Crippen molar-refractivity contribution in [2.75, 3.05) is 18.0 Å². The largest absolute Gasteiger partial charge is 0.360 e. The fourth-order valence-corrected chi connectivity index (χ4v) is 2.99. The van der Waals surface area contributed by atoms with E-state index in [1.165, 1.54) is 5.56 Å². The molecule has 3 rings (SSSR count).